The first-order valence-corrected chi connectivity index (χ1v) is 12.6. The molecule has 0 spiro atoms. The van der Waals surface area contributed by atoms with E-state index in [0.29, 0.717) is 27.9 Å². The van der Waals surface area contributed by atoms with E-state index in [9.17, 15) is 9.90 Å². The van der Waals surface area contributed by atoms with Crippen LogP contribution in [0.4, 0.5) is 0 Å². The quantitative estimate of drug-likeness (QED) is 0.334. The van der Waals surface area contributed by atoms with E-state index in [1.54, 1.807) is 34.2 Å². The molecule has 0 unspecified atom stereocenters. The lowest BCUT2D eigenvalue weighted by molar-refractivity contribution is 0.0903. The van der Waals surface area contributed by atoms with E-state index in [1.807, 2.05) is 53.2 Å². The van der Waals surface area contributed by atoms with Crippen LogP contribution in [-0.4, -0.2) is 34.0 Å². The molecule has 9 heteroatoms. The second-order valence-corrected chi connectivity index (χ2v) is 9.65. The van der Waals surface area contributed by atoms with Crippen molar-refractivity contribution >= 4 is 52.1 Å². The maximum atomic E-state index is 13.4. The number of rotatable bonds is 6. The SMILES string of the molecule is O=C(N[C@H](CO)c1ccccc1)c1nn(-c2ccc(Cl)cc2Cl)c2c1COC/C2=C\c1ccsc1. The van der Waals surface area contributed by atoms with Gasteiger partial charge in [0.1, 0.15) is 0 Å². The average molecular weight is 526 g/mol. The van der Waals surface area contributed by atoms with E-state index >= 15 is 0 Å². The Kier molecular flexibility index (Phi) is 7.04. The summed E-state index contributed by atoms with van der Waals surface area (Å²) in [5.41, 5.74) is 4.95. The Hall–Kier alpha value is -2.94. The standard InChI is InChI=1S/C26H21Cl2N3O3S/c27-19-6-7-23(21(28)11-19)31-25-18(10-16-8-9-35-15-16)13-34-14-20(25)24(30-31)26(33)29-22(12-32)17-4-2-1-3-5-17/h1-11,15,22,32H,12-14H2,(H,29,33)/b18-10+/t22-/m1/s1. The minimum atomic E-state index is -0.575. The summed E-state index contributed by atoms with van der Waals surface area (Å²) < 4.78 is 7.54. The first kappa shape index (κ1) is 23.8. The molecule has 6 nitrogen and oxygen atoms in total. The third kappa shape index (κ3) is 4.91. The molecule has 3 heterocycles. The van der Waals surface area contributed by atoms with Gasteiger partial charge in [-0.25, -0.2) is 4.68 Å². The van der Waals surface area contributed by atoms with Crippen molar-refractivity contribution in [1.29, 1.82) is 0 Å². The molecular weight excluding hydrogens is 505 g/mol. The van der Waals surface area contributed by atoms with Gasteiger partial charge in [-0.15, -0.1) is 0 Å². The molecule has 35 heavy (non-hydrogen) atoms. The molecule has 0 bridgehead atoms. The molecule has 4 aromatic rings. The fourth-order valence-corrected chi connectivity index (χ4v) is 5.18. The Morgan fingerprint density at radius 3 is 2.74 bits per heavy atom. The van der Waals surface area contributed by atoms with Crippen LogP contribution >= 0.6 is 34.5 Å². The fourth-order valence-electron chi connectivity index (χ4n) is 4.07. The largest absolute Gasteiger partial charge is 0.394 e. The van der Waals surface area contributed by atoms with Crippen LogP contribution in [0.5, 0.6) is 0 Å². The smallest absolute Gasteiger partial charge is 0.272 e. The topological polar surface area (TPSA) is 76.4 Å². The van der Waals surface area contributed by atoms with Gasteiger partial charge in [0.15, 0.2) is 5.69 Å². The van der Waals surface area contributed by atoms with E-state index in [2.05, 4.69) is 5.32 Å². The first-order chi connectivity index (χ1) is 17.0. The Morgan fingerprint density at radius 2 is 2.03 bits per heavy atom. The molecule has 0 aliphatic carbocycles. The van der Waals surface area contributed by atoms with E-state index in [1.165, 1.54) is 0 Å². The van der Waals surface area contributed by atoms with Crippen molar-refractivity contribution in [1.82, 2.24) is 15.1 Å². The highest BCUT2D eigenvalue weighted by molar-refractivity contribution is 7.08. The summed E-state index contributed by atoms with van der Waals surface area (Å²) in [5.74, 6) is -0.409. The van der Waals surface area contributed by atoms with E-state index in [-0.39, 0.29) is 18.9 Å². The number of thiophene rings is 1. The molecule has 5 rings (SSSR count). The number of ether oxygens (including phenoxy) is 1. The zero-order valence-electron chi connectivity index (χ0n) is 18.4. The lowest BCUT2D eigenvalue weighted by atomic mass is 10.0. The van der Waals surface area contributed by atoms with E-state index in [0.717, 1.165) is 22.4 Å². The second kappa shape index (κ2) is 10.4. The van der Waals surface area contributed by atoms with Crippen molar-refractivity contribution in [3.05, 3.63) is 103 Å². The highest BCUT2D eigenvalue weighted by atomic mass is 35.5. The predicted molar refractivity (Wildman–Crippen MR) is 139 cm³/mol. The van der Waals surface area contributed by atoms with Gasteiger partial charge in [0.05, 0.1) is 42.3 Å². The zero-order valence-corrected chi connectivity index (χ0v) is 20.8. The van der Waals surface area contributed by atoms with Crippen molar-refractivity contribution in [2.75, 3.05) is 13.2 Å². The van der Waals surface area contributed by atoms with Gasteiger partial charge in [-0.05, 0) is 52.2 Å². The van der Waals surface area contributed by atoms with Crippen molar-refractivity contribution in [3.8, 4) is 5.69 Å². The van der Waals surface area contributed by atoms with E-state index in [4.69, 9.17) is 33.0 Å². The third-order valence-electron chi connectivity index (χ3n) is 5.72. The summed E-state index contributed by atoms with van der Waals surface area (Å²) in [6.45, 7) is 0.338. The molecule has 1 aliphatic rings. The number of hydrogen-bond acceptors (Lipinski definition) is 5. The lowest BCUT2D eigenvalue weighted by Crippen LogP contribution is -2.32. The van der Waals surface area contributed by atoms with Gasteiger partial charge in [-0.2, -0.15) is 16.4 Å². The van der Waals surface area contributed by atoms with Crippen LogP contribution in [0.3, 0.4) is 0 Å². The number of hydrogen-bond donors (Lipinski definition) is 2. The molecule has 1 amide bonds. The Morgan fingerprint density at radius 1 is 1.20 bits per heavy atom. The normalized spacial score (nSPS) is 15.1. The van der Waals surface area contributed by atoms with Crippen molar-refractivity contribution < 1.29 is 14.6 Å². The second-order valence-electron chi connectivity index (χ2n) is 8.02. The van der Waals surface area contributed by atoms with Gasteiger partial charge in [0.25, 0.3) is 5.91 Å². The number of aromatic nitrogens is 2. The highest BCUT2D eigenvalue weighted by Gasteiger charge is 2.30. The number of nitrogens with zero attached hydrogens (tertiary/aromatic N) is 2. The van der Waals surface area contributed by atoms with Gasteiger partial charge in [-0.3, -0.25) is 4.79 Å². The monoisotopic (exact) mass is 525 g/mol. The fraction of sp³-hybridized carbons (Fsp3) is 0.154. The molecule has 2 N–H and O–H groups in total. The van der Waals surface area contributed by atoms with Crippen LogP contribution in [0.25, 0.3) is 17.3 Å². The number of aliphatic hydroxyl groups excluding tert-OH is 1. The maximum absolute atomic E-state index is 13.4. The number of carbonyl (C=O) groups excluding carboxylic acids is 1. The summed E-state index contributed by atoms with van der Waals surface area (Å²) in [4.78, 5) is 13.4. The third-order valence-corrected chi connectivity index (χ3v) is 6.96. The van der Waals surface area contributed by atoms with Crippen LogP contribution in [0.1, 0.15) is 38.9 Å². The maximum Gasteiger partial charge on any atom is 0.272 e. The van der Waals surface area contributed by atoms with Crippen LogP contribution in [0.2, 0.25) is 10.0 Å². The van der Waals surface area contributed by atoms with E-state index < -0.39 is 11.9 Å². The van der Waals surface area contributed by atoms with Crippen LogP contribution < -0.4 is 5.32 Å². The molecule has 178 valence electrons. The highest BCUT2D eigenvalue weighted by Crippen LogP contribution is 2.35. The molecule has 2 aromatic heterocycles. The van der Waals surface area contributed by atoms with Crippen LogP contribution in [0.15, 0.2) is 65.4 Å². The molecule has 0 radical (unpaired) electrons. The molecule has 0 saturated carbocycles. The molecule has 0 fully saturated rings. The van der Waals surface area contributed by atoms with Crippen LogP contribution in [-0.2, 0) is 11.3 Å². The molecule has 1 aliphatic heterocycles. The average Bonchev–Trinajstić information content (AvgIpc) is 3.52. The zero-order chi connectivity index (χ0) is 24.4. The summed E-state index contributed by atoms with van der Waals surface area (Å²) >= 11 is 14.3. The molecular formula is C26H21Cl2N3O3S. The Balaban J connectivity index is 1.61. The Bertz CT molecular complexity index is 1380. The number of benzene rings is 2. The summed E-state index contributed by atoms with van der Waals surface area (Å²) in [6, 6.07) is 15.9. The van der Waals surface area contributed by atoms with Crippen molar-refractivity contribution in [3.63, 3.8) is 0 Å². The lowest BCUT2D eigenvalue weighted by Gasteiger charge is -2.20. The number of amides is 1. The summed E-state index contributed by atoms with van der Waals surface area (Å²) in [5, 5.41) is 22.5. The summed E-state index contributed by atoms with van der Waals surface area (Å²) in [7, 11) is 0. The minimum Gasteiger partial charge on any atom is -0.394 e. The number of nitrogens with one attached hydrogen (secondary N) is 1. The molecule has 1 atom stereocenters. The van der Waals surface area contributed by atoms with Gasteiger partial charge < -0.3 is 15.2 Å². The van der Waals surface area contributed by atoms with Gasteiger partial charge in [0, 0.05) is 16.2 Å². The van der Waals surface area contributed by atoms with Crippen molar-refractivity contribution in [2.45, 2.75) is 12.6 Å². The summed E-state index contributed by atoms with van der Waals surface area (Å²) in [6.07, 6.45) is 2.03. The number of fused-ring (bicyclic) bond motifs is 1. The predicted octanol–water partition coefficient (Wildman–Crippen LogP) is 5.77. The number of aliphatic hydroxyl groups is 1. The van der Waals surface area contributed by atoms with Gasteiger partial charge >= 0.3 is 0 Å². The Labute approximate surface area is 216 Å². The first-order valence-electron chi connectivity index (χ1n) is 10.9. The molecule has 0 saturated heterocycles. The minimum absolute atomic E-state index is 0.219. The van der Waals surface area contributed by atoms with Gasteiger partial charge in [-0.1, -0.05) is 53.5 Å². The van der Waals surface area contributed by atoms with Gasteiger partial charge in [0.2, 0.25) is 0 Å². The molecule has 2 aromatic carbocycles. The van der Waals surface area contributed by atoms with Crippen molar-refractivity contribution in [2.24, 2.45) is 0 Å². The number of halogens is 2. The number of carbonyl (C=O) groups is 1. The van der Waals surface area contributed by atoms with Crippen LogP contribution in [0, 0.1) is 0 Å².